The third kappa shape index (κ3) is 3.71. The van der Waals surface area contributed by atoms with Gasteiger partial charge in [-0.2, -0.15) is 0 Å². The minimum Gasteiger partial charge on any atom is -0.474 e. The minimum absolute atomic E-state index is 0.0338. The molecular formula is C19H26N4O3. The average molecular weight is 358 g/mol. The summed E-state index contributed by atoms with van der Waals surface area (Å²) in [6.07, 6.45) is 4.13. The minimum atomic E-state index is -0.0684. The highest BCUT2D eigenvalue weighted by molar-refractivity contribution is 5.96. The van der Waals surface area contributed by atoms with Crippen LogP contribution in [-0.4, -0.2) is 44.7 Å². The summed E-state index contributed by atoms with van der Waals surface area (Å²) in [5.74, 6) is 1.62. The van der Waals surface area contributed by atoms with Gasteiger partial charge in [0, 0.05) is 25.2 Å². The first kappa shape index (κ1) is 18.4. The molecule has 0 bridgehead atoms. The van der Waals surface area contributed by atoms with Crippen molar-refractivity contribution in [2.75, 3.05) is 6.54 Å². The van der Waals surface area contributed by atoms with Crippen molar-refractivity contribution in [1.82, 2.24) is 20.1 Å². The number of likely N-dealkylation sites (tertiary alicyclic amines) is 1. The van der Waals surface area contributed by atoms with Crippen molar-refractivity contribution in [3.05, 3.63) is 35.7 Å². The first-order valence-electron chi connectivity index (χ1n) is 9.26. The van der Waals surface area contributed by atoms with E-state index in [1.165, 1.54) is 0 Å². The Balaban J connectivity index is 1.83. The second-order valence-electron chi connectivity index (χ2n) is 6.90. The van der Waals surface area contributed by atoms with Crippen LogP contribution in [0.2, 0.25) is 0 Å². The van der Waals surface area contributed by atoms with Crippen LogP contribution in [0.5, 0.6) is 5.88 Å². The predicted molar refractivity (Wildman–Crippen MR) is 96.2 cm³/mol. The molecule has 0 spiro atoms. The first-order chi connectivity index (χ1) is 12.5. The molecular weight excluding hydrogens is 332 g/mol. The van der Waals surface area contributed by atoms with E-state index in [-0.39, 0.29) is 24.0 Å². The summed E-state index contributed by atoms with van der Waals surface area (Å²) in [6, 6.07) is 3.50. The fraction of sp³-hybridized carbons (Fsp3) is 0.579. The third-order valence-electron chi connectivity index (χ3n) is 4.70. The molecule has 2 aromatic heterocycles. The SMILES string of the molecule is CCc1nnc([C@H]2CCCN(C(=O)c3cccnc3OC(C)C)[C@H]2C)o1. The Bertz CT molecular complexity index is 759. The summed E-state index contributed by atoms with van der Waals surface area (Å²) in [6.45, 7) is 8.56. The standard InChI is InChI=1S/C19H26N4O3/c1-5-16-21-22-18(26-16)14-9-7-11-23(13(14)4)19(24)15-8-6-10-20-17(15)25-12(2)3/h6,8,10,12-14H,5,7,9,11H2,1-4H3/t13-,14-/m0/s1. The molecule has 1 aliphatic heterocycles. The number of carbonyl (C=O) groups is 1. The van der Waals surface area contributed by atoms with Gasteiger partial charge in [0.25, 0.3) is 5.91 Å². The molecule has 26 heavy (non-hydrogen) atoms. The molecule has 1 amide bonds. The smallest absolute Gasteiger partial charge is 0.259 e. The van der Waals surface area contributed by atoms with Gasteiger partial charge in [0.1, 0.15) is 5.56 Å². The molecule has 140 valence electrons. The lowest BCUT2D eigenvalue weighted by atomic mass is 9.89. The van der Waals surface area contributed by atoms with Gasteiger partial charge in [-0.15, -0.1) is 10.2 Å². The largest absolute Gasteiger partial charge is 0.474 e. The lowest BCUT2D eigenvalue weighted by molar-refractivity contribution is 0.0575. The number of carbonyl (C=O) groups excluding carboxylic acids is 1. The molecule has 3 heterocycles. The van der Waals surface area contributed by atoms with Crippen LogP contribution in [0.15, 0.2) is 22.7 Å². The summed E-state index contributed by atoms with van der Waals surface area (Å²) >= 11 is 0. The van der Waals surface area contributed by atoms with Crippen LogP contribution >= 0.6 is 0 Å². The van der Waals surface area contributed by atoms with Crippen molar-refractivity contribution in [1.29, 1.82) is 0 Å². The van der Waals surface area contributed by atoms with E-state index in [9.17, 15) is 4.79 Å². The summed E-state index contributed by atoms with van der Waals surface area (Å²) < 4.78 is 11.5. The van der Waals surface area contributed by atoms with Crippen molar-refractivity contribution in [2.24, 2.45) is 0 Å². The molecule has 1 saturated heterocycles. The molecule has 3 rings (SSSR count). The fourth-order valence-electron chi connectivity index (χ4n) is 3.34. The number of aromatic nitrogens is 3. The van der Waals surface area contributed by atoms with Crippen molar-refractivity contribution >= 4 is 5.91 Å². The predicted octanol–water partition coefficient (Wildman–Crippen LogP) is 3.22. The number of pyridine rings is 1. The molecule has 7 nitrogen and oxygen atoms in total. The normalized spacial score (nSPS) is 20.4. The van der Waals surface area contributed by atoms with E-state index in [0.29, 0.717) is 36.2 Å². The van der Waals surface area contributed by atoms with Gasteiger partial charge < -0.3 is 14.1 Å². The maximum absolute atomic E-state index is 13.2. The summed E-state index contributed by atoms with van der Waals surface area (Å²) in [7, 11) is 0. The van der Waals surface area contributed by atoms with E-state index in [1.54, 1.807) is 18.3 Å². The van der Waals surface area contributed by atoms with Gasteiger partial charge in [-0.1, -0.05) is 6.92 Å². The Morgan fingerprint density at radius 2 is 2.23 bits per heavy atom. The number of ether oxygens (including phenoxy) is 1. The van der Waals surface area contributed by atoms with Crippen LogP contribution in [0.3, 0.4) is 0 Å². The van der Waals surface area contributed by atoms with Gasteiger partial charge in [0.15, 0.2) is 0 Å². The molecule has 1 aliphatic rings. The van der Waals surface area contributed by atoms with Crippen LogP contribution in [0.4, 0.5) is 0 Å². The van der Waals surface area contributed by atoms with E-state index in [2.05, 4.69) is 15.2 Å². The van der Waals surface area contributed by atoms with Crippen LogP contribution in [0.25, 0.3) is 0 Å². The number of rotatable bonds is 5. The number of aryl methyl sites for hydroxylation is 1. The molecule has 1 fully saturated rings. The topological polar surface area (TPSA) is 81.4 Å². The lowest BCUT2D eigenvalue weighted by Crippen LogP contribution is -2.46. The number of hydrogen-bond acceptors (Lipinski definition) is 6. The monoisotopic (exact) mass is 358 g/mol. The number of piperidine rings is 1. The highest BCUT2D eigenvalue weighted by Gasteiger charge is 2.36. The van der Waals surface area contributed by atoms with E-state index < -0.39 is 0 Å². The van der Waals surface area contributed by atoms with Gasteiger partial charge in [-0.05, 0) is 45.7 Å². The van der Waals surface area contributed by atoms with Gasteiger partial charge in [-0.25, -0.2) is 4.98 Å². The molecule has 0 aromatic carbocycles. The number of hydrogen-bond donors (Lipinski definition) is 0. The molecule has 7 heteroatoms. The van der Waals surface area contributed by atoms with Gasteiger partial charge in [0.2, 0.25) is 17.7 Å². The Hall–Kier alpha value is -2.44. The van der Waals surface area contributed by atoms with Crippen LogP contribution in [0.1, 0.15) is 68.6 Å². The second-order valence-corrected chi connectivity index (χ2v) is 6.90. The maximum atomic E-state index is 13.2. The van der Waals surface area contributed by atoms with E-state index in [1.807, 2.05) is 32.6 Å². The Morgan fingerprint density at radius 3 is 2.92 bits per heavy atom. The zero-order valence-electron chi connectivity index (χ0n) is 15.8. The number of amides is 1. The van der Waals surface area contributed by atoms with E-state index >= 15 is 0 Å². The fourth-order valence-corrected chi connectivity index (χ4v) is 3.34. The van der Waals surface area contributed by atoms with Crippen LogP contribution in [-0.2, 0) is 6.42 Å². The van der Waals surface area contributed by atoms with E-state index in [0.717, 1.165) is 12.8 Å². The van der Waals surface area contributed by atoms with Gasteiger partial charge in [-0.3, -0.25) is 4.79 Å². The highest BCUT2D eigenvalue weighted by atomic mass is 16.5. The molecule has 0 saturated carbocycles. The Labute approximate surface area is 153 Å². The number of nitrogens with zero attached hydrogens (tertiary/aromatic N) is 4. The van der Waals surface area contributed by atoms with Gasteiger partial charge >= 0.3 is 0 Å². The van der Waals surface area contributed by atoms with Crippen molar-refractivity contribution in [3.63, 3.8) is 0 Å². The molecule has 2 aromatic rings. The van der Waals surface area contributed by atoms with Crippen LogP contribution in [0, 0.1) is 0 Å². The van der Waals surface area contributed by atoms with E-state index in [4.69, 9.17) is 9.15 Å². The first-order valence-corrected chi connectivity index (χ1v) is 9.26. The third-order valence-corrected chi connectivity index (χ3v) is 4.70. The molecule has 0 aliphatic carbocycles. The zero-order chi connectivity index (χ0) is 18.7. The van der Waals surface area contributed by atoms with Crippen LogP contribution < -0.4 is 4.74 Å². The summed E-state index contributed by atoms with van der Waals surface area (Å²) in [4.78, 5) is 19.3. The molecule has 0 N–H and O–H groups in total. The Morgan fingerprint density at radius 1 is 1.42 bits per heavy atom. The maximum Gasteiger partial charge on any atom is 0.259 e. The van der Waals surface area contributed by atoms with Crippen molar-refractivity contribution in [2.45, 2.75) is 65.0 Å². The zero-order valence-corrected chi connectivity index (χ0v) is 15.8. The summed E-state index contributed by atoms with van der Waals surface area (Å²) in [5.41, 5.74) is 0.494. The summed E-state index contributed by atoms with van der Waals surface area (Å²) in [5, 5.41) is 8.26. The van der Waals surface area contributed by atoms with Crippen molar-refractivity contribution < 1.29 is 13.9 Å². The highest BCUT2D eigenvalue weighted by Crippen LogP contribution is 2.33. The second kappa shape index (κ2) is 7.85. The average Bonchev–Trinajstić information content (AvgIpc) is 3.10. The Kier molecular flexibility index (Phi) is 5.54. The van der Waals surface area contributed by atoms with Gasteiger partial charge in [0.05, 0.1) is 12.0 Å². The molecule has 0 unspecified atom stereocenters. The van der Waals surface area contributed by atoms with Crippen molar-refractivity contribution in [3.8, 4) is 5.88 Å². The lowest BCUT2D eigenvalue weighted by Gasteiger charge is -2.38. The molecule has 2 atom stereocenters. The molecule has 0 radical (unpaired) electrons. The quantitative estimate of drug-likeness (QED) is 0.816.